The standard InChI is InChI=1S/C20H36N8OS.HI/c1-5-17-23-20(30-24-17)28-14-12-27(13-15-28)19(21-2)22-9-7-11-26-10-6-8-16(26)18(29)25(3)4;/h16H,5-15H2,1-4H3,(H,21,22);1H. The minimum atomic E-state index is 0. The van der Waals surface area contributed by atoms with Gasteiger partial charge in [-0.05, 0) is 25.8 Å². The van der Waals surface area contributed by atoms with Gasteiger partial charge in [0.2, 0.25) is 11.0 Å². The van der Waals surface area contributed by atoms with Crippen molar-refractivity contribution in [2.24, 2.45) is 4.99 Å². The first kappa shape index (κ1) is 26.0. The van der Waals surface area contributed by atoms with Crippen LogP contribution >= 0.6 is 35.5 Å². The maximum Gasteiger partial charge on any atom is 0.239 e. The summed E-state index contributed by atoms with van der Waals surface area (Å²) in [5.74, 6) is 2.13. The van der Waals surface area contributed by atoms with Gasteiger partial charge in [-0.25, -0.2) is 4.98 Å². The van der Waals surface area contributed by atoms with Crippen molar-refractivity contribution in [2.75, 3.05) is 71.9 Å². The van der Waals surface area contributed by atoms with Gasteiger partial charge in [-0.15, -0.1) is 24.0 Å². The molecule has 1 aromatic heterocycles. The number of likely N-dealkylation sites (N-methyl/N-ethyl adjacent to an activating group) is 1. The van der Waals surface area contributed by atoms with Gasteiger partial charge in [-0.3, -0.25) is 14.7 Å². The molecule has 2 aliphatic heterocycles. The Morgan fingerprint density at radius 3 is 2.61 bits per heavy atom. The maximum atomic E-state index is 12.3. The van der Waals surface area contributed by atoms with Crippen molar-refractivity contribution in [1.29, 1.82) is 0 Å². The largest absolute Gasteiger partial charge is 0.356 e. The second kappa shape index (κ2) is 12.7. The average Bonchev–Trinajstić information content (AvgIpc) is 3.43. The number of likely N-dealkylation sites (tertiary alicyclic amines) is 1. The molecule has 0 saturated carbocycles. The number of nitrogens with one attached hydrogen (secondary N) is 1. The zero-order valence-corrected chi connectivity index (χ0v) is 22.4. The first-order chi connectivity index (χ1) is 14.5. The Bertz CT molecular complexity index is 720. The van der Waals surface area contributed by atoms with Crippen molar-refractivity contribution >= 4 is 52.5 Å². The molecule has 1 atom stereocenters. The molecule has 0 radical (unpaired) electrons. The number of hydrogen-bond donors (Lipinski definition) is 1. The molecule has 9 nitrogen and oxygen atoms in total. The molecule has 2 saturated heterocycles. The molecular weight excluding hydrogens is 527 g/mol. The molecule has 1 aromatic rings. The number of carbonyl (C=O) groups is 1. The van der Waals surface area contributed by atoms with Gasteiger partial charge in [0.1, 0.15) is 5.82 Å². The lowest BCUT2D eigenvalue weighted by Crippen LogP contribution is -2.52. The van der Waals surface area contributed by atoms with E-state index in [1.54, 1.807) is 4.90 Å². The lowest BCUT2D eigenvalue weighted by molar-refractivity contribution is -0.133. The second-order valence-corrected chi connectivity index (χ2v) is 8.81. The SMILES string of the molecule is CCc1nsc(N2CCN(C(=NC)NCCCN3CCCC3C(=O)N(C)C)CC2)n1.I. The molecule has 0 bridgehead atoms. The third-order valence-corrected chi connectivity index (χ3v) is 6.64. The Balaban J connectivity index is 0.00000341. The number of anilines is 1. The van der Waals surface area contributed by atoms with E-state index in [1.807, 2.05) is 21.1 Å². The van der Waals surface area contributed by atoms with Gasteiger partial charge in [-0.2, -0.15) is 4.37 Å². The molecule has 2 fully saturated rings. The Morgan fingerprint density at radius 2 is 2.00 bits per heavy atom. The summed E-state index contributed by atoms with van der Waals surface area (Å²) in [6, 6.07) is 0.0564. The highest BCUT2D eigenvalue weighted by atomic mass is 127. The highest BCUT2D eigenvalue weighted by Gasteiger charge is 2.31. The van der Waals surface area contributed by atoms with Crippen LogP contribution in [0.5, 0.6) is 0 Å². The molecule has 176 valence electrons. The monoisotopic (exact) mass is 564 g/mol. The van der Waals surface area contributed by atoms with Crippen molar-refractivity contribution in [3.8, 4) is 0 Å². The van der Waals surface area contributed by atoms with Gasteiger partial charge in [0.25, 0.3) is 0 Å². The number of aryl methyl sites for hydroxylation is 1. The van der Waals surface area contributed by atoms with E-state index in [0.29, 0.717) is 0 Å². The van der Waals surface area contributed by atoms with Gasteiger partial charge in [-0.1, -0.05) is 6.92 Å². The van der Waals surface area contributed by atoms with Gasteiger partial charge >= 0.3 is 0 Å². The summed E-state index contributed by atoms with van der Waals surface area (Å²) in [5.41, 5.74) is 0. The van der Waals surface area contributed by atoms with Crippen LogP contribution in [0.1, 0.15) is 32.0 Å². The van der Waals surface area contributed by atoms with Crippen LogP contribution in [-0.2, 0) is 11.2 Å². The van der Waals surface area contributed by atoms with Crippen LogP contribution in [0.2, 0.25) is 0 Å². The number of aromatic nitrogens is 2. The Hall–Kier alpha value is -1.21. The van der Waals surface area contributed by atoms with E-state index in [0.717, 1.165) is 88.4 Å². The molecule has 0 spiro atoms. The molecule has 11 heteroatoms. The predicted octanol–water partition coefficient (Wildman–Crippen LogP) is 1.36. The third kappa shape index (κ3) is 6.88. The predicted molar refractivity (Wildman–Crippen MR) is 138 cm³/mol. The number of amides is 1. The van der Waals surface area contributed by atoms with Crippen molar-refractivity contribution < 1.29 is 4.79 Å². The Kier molecular flexibility index (Phi) is 10.7. The first-order valence-corrected chi connectivity index (χ1v) is 11.8. The van der Waals surface area contributed by atoms with Gasteiger partial charge in [0.15, 0.2) is 5.96 Å². The molecule has 3 rings (SSSR count). The van der Waals surface area contributed by atoms with Gasteiger partial charge in [0, 0.05) is 78.4 Å². The lowest BCUT2D eigenvalue weighted by Gasteiger charge is -2.36. The first-order valence-electron chi connectivity index (χ1n) is 11.0. The number of guanidine groups is 1. The molecule has 0 aromatic carbocycles. The Labute approximate surface area is 207 Å². The number of halogens is 1. The van der Waals surface area contributed by atoms with E-state index in [1.165, 1.54) is 11.5 Å². The number of carbonyl (C=O) groups excluding carboxylic acids is 1. The summed E-state index contributed by atoms with van der Waals surface area (Å²) in [6.45, 7) is 8.62. The normalized spacial score (nSPS) is 20.0. The fraction of sp³-hybridized carbons (Fsp3) is 0.800. The molecule has 3 heterocycles. The van der Waals surface area contributed by atoms with Crippen LogP contribution in [0.15, 0.2) is 4.99 Å². The smallest absolute Gasteiger partial charge is 0.239 e. The quantitative estimate of drug-likeness (QED) is 0.232. The van der Waals surface area contributed by atoms with Crippen LogP contribution in [0, 0.1) is 0 Å². The summed E-state index contributed by atoms with van der Waals surface area (Å²) in [5, 5.41) is 4.54. The van der Waals surface area contributed by atoms with E-state index < -0.39 is 0 Å². The molecule has 31 heavy (non-hydrogen) atoms. The molecule has 1 N–H and O–H groups in total. The fourth-order valence-electron chi connectivity index (χ4n) is 4.11. The molecule has 1 unspecified atom stereocenters. The minimum Gasteiger partial charge on any atom is -0.356 e. The molecule has 0 aliphatic carbocycles. The van der Waals surface area contributed by atoms with Crippen LogP contribution < -0.4 is 10.2 Å². The maximum absolute atomic E-state index is 12.3. The zero-order chi connectivity index (χ0) is 21.5. The van der Waals surface area contributed by atoms with Crippen molar-refractivity contribution in [3.63, 3.8) is 0 Å². The van der Waals surface area contributed by atoms with Gasteiger partial charge < -0.3 is 20.0 Å². The third-order valence-electron chi connectivity index (χ3n) is 5.83. The summed E-state index contributed by atoms with van der Waals surface area (Å²) in [7, 11) is 5.54. The number of rotatable bonds is 7. The summed E-state index contributed by atoms with van der Waals surface area (Å²) >= 11 is 1.50. The van der Waals surface area contributed by atoms with Gasteiger partial charge in [0.05, 0.1) is 6.04 Å². The number of piperazine rings is 1. The van der Waals surface area contributed by atoms with Crippen molar-refractivity contribution in [2.45, 2.75) is 38.6 Å². The average molecular weight is 565 g/mol. The Morgan fingerprint density at radius 1 is 1.26 bits per heavy atom. The van der Waals surface area contributed by atoms with Crippen molar-refractivity contribution in [3.05, 3.63) is 5.82 Å². The summed E-state index contributed by atoms with van der Waals surface area (Å²) in [6.07, 6.45) is 3.97. The highest BCUT2D eigenvalue weighted by molar-refractivity contribution is 14.0. The topological polar surface area (TPSA) is 80.2 Å². The van der Waals surface area contributed by atoms with Crippen LogP contribution in [0.25, 0.3) is 0 Å². The molecule has 1 amide bonds. The number of nitrogens with zero attached hydrogens (tertiary/aromatic N) is 7. The van der Waals surface area contributed by atoms with Crippen LogP contribution in [0.4, 0.5) is 5.13 Å². The van der Waals surface area contributed by atoms with E-state index in [9.17, 15) is 4.79 Å². The van der Waals surface area contributed by atoms with Crippen LogP contribution in [0.3, 0.4) is 0 Å². The number of hydrogen-bond acceptors (Lipinski definition) is 7. The lowest BCUT2D eigenvalue weighted by atomic mass is 10.2. The fourth-order valence-corrected chi connectivity index (χ4v) is 4.91. The van der Waals surface area contributed by atoms with Crippen LogP contribution in [-0.4, -0.2) is 109 Å². The van der Waals surface area contributed by atoms with E-state index in [2.05, 4.69) is 41.3 Å². The summed E-state index contributed by atoms with van der Waals surface area (Å²) < 4.78 is 4.40. The van der Waals surface area contributed by atoms with E-state index in [-0.39, 0.29) is 35.9 Å². The number of aliphatic imine (C=N–C) groups is 1. The van der Waals surface area contributed by atoms with E-state index in [4.69, 9.17) is 0 Å². The summed E-state index contributed by atoms with van der Waals surface area (Å²) in [4.78, 5) is 30.1. The molecular formula is C20H37IN8OS. The van der Waals surface area contributed by atoms with E-state index >= 15 is 0 Å². The highest BCUT2D eigenvalue weighted by Crippen LogP contribution is 2.20. The minimum absolute atomic E-state index is 0. The second-order valence-electron chi connectivity index (χ2n) is 8.08. The zero-order valence-electron chi connectivity index (χ0n) is 19.2. The van der Waals surface area contributed by atoms with Crippen molar-refractivity contribution in [1.82, 2.24) is 29.4 Å². The molecule has 2 aliphatic rings.